The Labute approximate surface area is 118 Å². The van der Waals surface area contributed by atoms with Crippen LogP contribution >= 0.6 is 0 Å². The molecule has 0 aromatic heterocycles. The molecule has 1 aromatic rings. The summed E-state index contributed by atoms with van der Waals surface area (Å²) in [5.41, 5.74) is -0.132. The van der Waals surface area contributed by atoms with E-state index in [2.05, 4.69) is 0 Å². The van der Waals surface area contributed by atoms with E-state index >= 15 is 0 Å². The lowest BCUT2D eigenvalue weighted by Gasteiger charge is -2.16. The molecule has 1 aliphatic rings. The highest BCUT2D eigenvalue weighted by Gasteiger charge is 2.28. The Morgan fingerprint density at radius 3 is 2.55 bits per heavy atom. The Hall–Kier alpha value is -1.60. The van der Waals surface area contributed by atoms with Gasteiger partial charge in [0.1, 0.15) is 11.3 Å². The van der Waals surface area contributed by atoms with E-state index in [4.69, 9.17) is 9.84 Å². The van der Waals surface area contributed by atoms with Crippen molar-refractivity contribution in [1.29, 1.82) is 0 Å². The second kappa shape index (κ2) is 5.80. The summed E-state index contributed by atoms with van der Waals surface area (Å²) >= 11 is 0. The normalized spacial score (nSPS) is 16.2. The van der Waals surface area contributed by atoms with Crippen molar-refractivity contribution in [3.05, 3.63) is 23.8 Å². The fourth-order valence-corrected chi connectivity index (χ4v) is 3.74. The first kappa shape index (κ1) is 14.8. The van der Waals surface area contributed by atoms with Gasteiger partial charge in [0.05, 0.1) is 11.5 Å². The number of nitrogens with zero attached hydrogens (tertiary/aromatic N) is 1. The van der Waals surface area contributed by atoms with Gasteiger partial charge in [-0.05, 0) is 38.0 Å². The number of aromatic carboxylic acids is 1. The Bertz CT molecular complexity index is 605. The van der Waals surface area contributed by atoms with Gasteiger partial charge in [-0.25, -0.2) is 13.2 Å². The molecule has 0 bridgehead atoms. The molecule has 20 heavy (non-hydrogen) atoms. The molecular formula is C13H17NO5S. The molecule has 0 spiro atoms. The zero-order valence-electron chi connectivity index (χ0n) is 11.2. The van der Waals surface area contributed by atoms with Crippen LogP contribution < -0.4 is 4.74 Å². The molecule has 110 valence electrons. The molecule has 1 saturated heterocycles. The molecule has 1 fully saturated rings. The third-order valence-corrected chi connectivity index (χ3v) is 5.08. The molecule has 1 heterocycles. The molecule has 0 unspecified atom stereocenters. The van der Waals surface area contributed by atoms with E-state index in [-0.39, 0.29) is 16.2 Å². The van der Waals surface area contributed by atoms with Crippen LogP contribution in [-0.2, 0) is 10.0 Å². The number of benzene rings is 1. The van der Waals surface area contributed by atoms with Gasteiger partial charge < -0.3 is 9.84 Å². The van der Waals surface area contributed by atoms with Crippen LogP contribution in [0.1, 0.15) is 30.1 Å². The Morgan fingerprint density at radius 2 is 2.00 bits per heavy atom. The van der Waals surface area contributed by atoms with E-state index in [1.54, 1.807) is 6.92 Å². The fourth-order valence-electron chi connectivity index (χ4n) is 2.20. The molecule has 1 N–H and O–H groups in total. The summed E-state index contributed by atoms with van der Waals surface area (Å²) in [6, 6.07) is 3.96. The Balaban J connectivity index is 2.42. The van der Waals surface area contributed by atoms with Crippen LogP contribution in [0.4, 0.5) is 0 Å². The van der Waals surface area contributed by atoms with E-state index in [1.807, 2.05) is 0 Å². The fraction of sp³-hybridized carbons (Fsp3) is 0.462. The molecule has 0 aliphatic carbocycles. The molecule has 0 atom stereocenters. The van der Waals surface area contributed by atoms with Gasteiger partial charge in [0.25, 0.3) is 0 Å². The van der Waals surface area contributed by atoms with Crippen LogP contribution in [0.5, 0.6) is 5.75 Å². The van der Waals surface area contributed by atoms with Crippen LogP contribution in [0, 0.1) is 0 Å². The van der Waals surface area contributed by atoms with Gasteiger partial charge in [-0.1, -0.05) is 0 Å². The van der Waals surface area contributed by atoms with Crippen LogP contribution in [0.3, 0.4) is 0 Å². The van der Waals surface area contributed by atoms with Crippen molar-refractivity contribution in [1.82, 2.24) is 4.31 Å². The van der Waals surface area contributed by atoms with Crippen LogP contribution in [-0.4, -0.2) is 43.5 Å². The van der Waals surface area contributed by atoms with E-state index in [1.165, 1.54) is 22.5 Å². The Kier molecular flexibility index (Phi) is 4.29. The van der Waals surface area contributed by atoms with Gasteiger partial charge in [0.2, 0.25) is 10.0 Å². The zero-order chi connectivity index (χ0) is 14.8. The van der Waals surface area contributed by atoms with Crippen molar-refractivity contribution < 1.29 is 23.1 Å². The maximum absolute atomic E-state index is 12.4. The topological polar surface area (TPSA) is 83.9 Å². The highest BCUT2D eigenvalue weighted by Crippen LogP contribution is 2.26. The summed E-state index contributed by atoms with van der Waals surface area (Å²) in [6.45, 7) is 3.02. The van der Waals surface area contributed by atoms with E-state index in [0.29, 0.717) is 19.7 Å². The predicted molar refractivity (Wildman–Crippen MR) is 72.6 cm³/mol. The smallest absolute Gasteiger partial charge is 0.339 e. The number of rotatable bonds is 5. The summed E-state index contributed by atoms with van der Waals surface area (Å²) in [5.74, 6) is -1.02. The van der Waals surface area contributed by atoms with Crippen molar-refractivity contribution in [2.45, 2.75) is 24.7 Å². The van der Waals surface area contributed by atoms with Crippen molar-refractivity contribution in [3.8, 4) is 5.75 Å². The van der Waals surface area contributed by atoms with Gasteiger partial charge in [-0.2, -0.15) is 4.31 Å². The zero-order valence-corrected chi connectivity index (χ0v) is 12.0. The second-order valence-corrected chi connectivity index (χ2v) is 6.45. The number of carbonyl (C=O) groups is 1. The summed E-state index contributed by atoms with van der Waals surface area (Å²) in [4.78, 5) is 11.2. The van der Waals surface area contributed by atoms with Crippen molar-refractivity contribution in [3.63, 3.8) is 0 Å². The molecule has 1 aliphatic heterocycles. The van der Waals surface area contributed by atoms with E-state index in [0.717, 1.165) is 12.8 Å². The molecule has 1 aromatic carbocycles. The van der Waals surface area contributed by atoms with Gasteiger partial charge in [-0.15, -0.1) is 0 Å². The largest absolute Gasteiger partial charge is 0.493 e. The average Bonchev–Trinajstić information content (AvgIpc) is 2.93. The summed E-state index contributed by atoms with van der Waals surface area (Å²) < 4.78 is 31.3. The van der Waals surface area contributed by atoms with Crippen LogP contribution in [0.15, 0.2) is 23.1 Å². The van der Waals surface area contributed by atoms with Gasteiger partial charge in [-0.3, -0.25) is 0 Å². The highest BCUT2D eigenvalue weighted by atomic mass is 32.2. The number of hydrogen-bond donors (Lipinski definition) is 1. The summed E-state index contributed by atoms with van der Waals surface area (Å²) in [6.07, 6.45) is 1.67. The third-order valence-electron chi connectivity index (χ3n) is 3.18. The lowest BCUT2D eigenvalue weighted by atomic mass is 10.2. The third kappa shape index (κ3) is 2.78. The lowest BCUT2D eigenvalue weighted by Crippen LogP contribution is -2.28. The lowest BCUT2D eigenvalue weighted by molar-refractivity contribution is 0.0692. The molecule has 7 heteroatoms. The summed E-state index contributed by atoms with van der Waals surface area (Å²) in [5, 5.41) is 9.16. The molecular weight excluding hydrogens is 282 g/mol. The monoisotopic (exact) mass is 299 g/mol. The second-order valence-electron chi connectivity index (χ2n) is 4.51. The molecule has 0 radical (unpaired) electrons. The molecule has 0 saturated carbocycles. The van der Waals surface area contributed by atoms with Gasteiger partial charge in [0.15, 0.2) is 0 Å². The quantitative estimate of drug-likeness (QED) is 0.892. The number of carboxylic acid groups (broad SMARTS) is 1. The molecule has 6 nitrogen and oxygen atoms in total. The minimum atomic E-state index is -3.61. The average molecular weight is 299 g/mol. The molecule has 2 rings (SSSR count). The van der Waals surface area contributed by atoms with Crippen molar-refractivity contribution >= 4 is 16.0 Å². The maximum atomic E-state index is 12.4. The Morgan fingerprint density at radius 1 is 1.35 bits per heavy atom. The van der Waals surface area contributed by atoms with Crippen molar-refractivity contribution in [2.75, 3.05) is 19.7 Å². The van der Waals surface area contributed by atoms with E-state index in [9.17, 15) is 13.2 Å². The highest BCUT2D eigenvalue weighted by molar-refractivity contribution is 7.89. The maximum Gasteiger partial charge on any atom is 0.339 e. The first-order valence-corrected chi connectivity index (χ1v) is 7.91. The summed E-state index contributed by atoms with van der Waals surface area (Å²) in [7, 11) is -3.61. The standard InChI is InChI=1S/C13H17NO5S/c1-2-19-12-6-5-10(9-11(12)13(15)16)20(17,18)14-7-3-4-8-14/h5-6,9H,2-4,7-8H2,1H3,(H,15,16). The van der Waals surface area contributed by atoms with Gasteiger partial charge in [0, 0.05) is 13.1 Å². The van der Waals surface area contributed by atoms with Crippen LogP contribution in [0.25, 0.3) is 0 Å². The van der Waals surface area contributed by atoms with E-state index < -0.39 is 16.0 Å². The number of carboxylic acids is 1. The first-order chi connectivity index (χ1) is 9.46. The number of hydrogen-bond acceptors (Lipinski definition) is 4. The first-order valence-electron chi connectivity index (χ1n) is 6.47. The van der Waals surface area contributed by atoms with Crippen molar-refractivity contribution in [2.24, 2.45) is 0 Å². The minimum Gasteiger partial charge on any atom is -0.493 e. The van der Waals surface area contributed by atoms with Gasteiger partial charge >= 0.3 is 5.97 Å². The SMILES string of the molecule is CCOc1ccc(S(=O)(=O)N2CCCC2)cc1C(=O)O. The predicted octanol–water partition coefficient (Wildman–Crippen LogP) is 1.57. The number of sulfonamides is 1. The number of ether oxygens (including phenoxy) is 1. The molecule has 0 amide bonds. The van der Waals surface area contributed by atoms with Crippen LogP contribution in [0.2, 0.25) is 0 Å². The minimum absolute atomic E-state index is 0.000234.